The molecule has 0 saturated heterocycles. The highest BCUT2D eigenvalue weighted by atomic mass is 79.9. The molecule has 0 aromatic heterocycles. The molecule has 0 aliphatic rings. The van der Waals surface area contributed by atoms with Crippen molar-refractivity contribution >= 4 is 15.9 Å². The predicted octanol–water partition coefficient (Wildman–Crippen LogP) is 3.58. The summed E-state index contributed by atoms with van der Waals surface area (Å²) in [6.07, 6.45) is 0. The lowest BCUT2D eigenvalue weighted by Crippen LogP contribution is -2.34. The van der Waals surface area contributed by atoms with Crippen LogP contribution in [0.1, 0.15) is 32.4 Å². The zero-order valence-corrected chi connectivity index (χ0v) is 13.1. The highest BCUT2D eigenvalue weighted by molar-refractivity contribution is 9.10. The van der Waals surface area contributed by atoms with E-state index >= 15 is 0 Å². The Morgan fingerprint density at radius 3 is 2.56 bits per heavy atom. The minimum atomic E-state index is -0.211. The molecule has 18 heavy (non-hydrogen) atoms. The summed E-state index contributed by atoms with van der Waals surface area (Å²) in [4.78, 5) is 2.29. The lowest BCUT2D eigenvalue weighted by molar-refractivity contribution is 0.270. The van der Waals surface area contributed by atoms with E-state index in [4.69, 9.17) is 0 Å². The Labute approximate surface area is 118 Å². The molecule has 1 aromatic carbocycles. The fourth-order valence-corrected chi connectivity index (χ4v) is 2.37. The van der Waals surface area contributed by atoms with E-state index in [9.17, 15) is 4.39 Å². The van der Waals surface area contributed by atoms with E-state index in [-0.39, 0.29) is 11.9 Å². The smallest absolute Gasteiger partial charge is 0.124 e. The zero-order valence-electron chi connectivity index (χ0n) is 11.5. The molecular weight excluding hydrogens is 295 g/mol. The second kappa shape index (κ2) is 7.22. The van der Waals surface area contributed by atoms with Crippen molar-refractivity contribution in [1.29, 1.82) is 0 Å². The van der Waals surface area contributed by atoms with Gasteiger partial charge in [0.05, 0.1) is 0 Å². The van der Waals surface area contributed by atoms with E-state index in [2.05, 4.69) is 54.0 Å². The summed E-state index contributed by atoms with van der Waals surface area (Å²) in [6.45, 7) is 8.37. The van der Waals surface area contributed by atoms with Crippen molar-refractivity contribution in [1.82, 2.24) is 10.2 Å². The Kier molecular flexibility index (Phi) is 6.26. The van der Waals surface area contributed by atoms with Crippen molar-refractivity contribution < 1.29 is 4.39 Å². The first kappa shape index (κ1) is 15.6. The van der Waals surface area contributed by atoms with Crippen LogP contribution in [0, 0.1) is 5.82 Å². The van der Waals surface area contributed by atoms with Gasteiger partial charge in [-0.3, -0.25) is 0 Å². The molecular formula is C14H22BrFN2. The van der Waals surface area contributed by atoms with E-state index < -0.39 is 0 Å². The van der Waals surface area contributed by atoms with Crippen LogP contribution in [0.5, 0.6) is 0 Å². The number of likely N-dealkylation sites (N-methyl/N-ethyl adjacent to an activating group) is 1. The van der Waals surface area contributed by atoms with Gasteiger partial charge in [-0.15, -0.1) is 0 Å². The number of nitrogens with one attached hydrogen (secondary N) is 1. The topological polar surface area (TPSA) is 15.3 Å². The normalized spacial score (nSPS) is 13.3. The van der Waals surface area contributed by atoms with E-state index in [0.29, 0.717) is 6.04 Å². The van der Waals surface area contributed by atoms with Gasteiger partial charge in [0.15, 0.2) is 0 Å². The summed E-state index contributed by atoms with van der Waals surface area (Å²) in [5, 5.41) is 3.45. The maximum absolute atomic E-state index is 13.0. The Morgan fingerprint density at radius 2 is 2.00 bits per heavy atom. The van der Waals surface area contributed by atoms with Crippen LogP contribution in [-0.4, -0.2) is 31.1 Å². The molecule has 4 heteroatoms. The number of benzene rings is 1. The van der Waals surface area contributed by atoms with Crippen LogP contribution in [0.4, 0.5) is 4.39 Å². The molecule has 0 amide bonds. The molecule has 0 fully saturated rings. The fourth-order valence-electron chi connectivity index (χ4n) is 1.68. The average molecular weight is 317 g/mol. The Hall–Kier alpha value is -0.450. The van der Waals surface area contributed by atoms with Crippen LogP contribution in [0.25, 0.3) is 0 Å². The molecule has 1 unspecified atom stereocenters. The monoisotopic (exact) mass is 316 g/mol. The molecule has 0 aliphatic carbocycles. The minimum absolute atomic E-state index is 0.209. The van der Waals surface area contributed by atoms with Gasteiger partial charge in [-0.2, -0.15) is 0 Å². The first-order chi connectivity index (χ1) is 8.41. The third-order valence-electron chi connectivity index (χ3n) is 3.23. The molecule has 1 atom stereocenters. The average Bonchev–Trinajstić information content (AvgIpc) is 2.28. The molecule has 0 bridgehead atoms. The number of hydrogen-bond acceptors (Lipinski definition) is 2. The molecule has 0 aliphatic heterocycles. The van der Waals surface area contributed by atoms with Gasteiger partial charge in [-0.25, -0.2) is 4.39 Å². The Balaban J connectivity index is 2.48. The molecule has 2 nitrogen and oxygen atoms in total. The van der Waals surface area contributed by atoms with Crippen LogP contribution >= 0.6 is 15.9 Å². The molecule has 1 aromatic rings. The predicted molar refractivity (Wildman–Crippen MR) is 78.3 cm³/mol. The van der Waals surface area contributed by atoms with Crippen LogP contribution in [0.2, 0.25) is 0 Å². The molecule has 0 heterocycles. The van der Waals surface area contributed by atoms with Crippen molar-refractivity contribution in [3.05, 3.63) is 34.1 Å². The van der Waals surface area contributed by atoms with Gasteiger partial charge in [0.1, 0.15) is 5.82 Å². The van der Waals surface area contributed by atoms with Gasteiger partial charge in [-0.1, -0.05) is 22.0 Å². The maximum atomic E-state index is 13.0. The zero-order chi connectivity index (χ0) is 13.7. The van der Waals surface area contributed by atoms with Crippen molar-refractivity contribution in [3.8, 4) is 0 Å². The maximum Gasteiger partial charge on any atom is 0.124 e. The lowest BCUT2D eigenvalue weighted by atomic mass is 10.1. The summed E-state index contributed by atoms with van der Waals surface area (Å²) in [5.74, 6) is -0.211. The number of nitrogens with zero attached hydrogens (tertiary/aromatic N) is 1. The summed E-state index contributed by atoms with van der Waals surface area (Å²) < 4.78 is 13.8. The standard InChI is InChI=1S/C14H22BrFN2/c1-10(2)18(4)8-7-17-11(3)13-6-5-12(16)9-14(13)15/h5-6,9-11,17H,7-8H2,1-4H3. The molecule has 1 N–H and O–H groups in total. The summed E-state index contributed by atoms with van der Waals surface area (Å²) in [7, 11) is 2.12. The van der Waals surface area contributed by atoms with Crippen molar-refractivity contribution in [2.45, 2.75) is 32.9 Å². The lowest BCUT2D eigenvalue weighted by Gasteiger charge is -2.23. The highest BCUT2D eigenvalue weighted by Gasteiger charge is 2.10. The highest BCUT2D eigenvalue weighted by Crippen LogP contribution is 2.23. The quantitative estimate of drug-likeness (QED) is 0.863. The van der Waals surface area contributed by atoms with E-state index in [0.717, 1.165) is 23.1 Å². The van der Waals surface area contributed by atoms with Gasteiger partial charge in [0, 0.05) is 29.6 Å². The van der Waals surface area contributed by atoms with Crippen molar-refractivity contribution in [3.63, 3.8) is 0 Å². The summed E-state index contributed by atoms with van der Waals surface area (Å²) >= 11 is 3.40. The molecule has 0 saturated carbocycles. The van der Waals surface area contributed by atoms with E-state index in [1.165, 1.54) is 12.1 Å². The second-order valence-electron chi connectivity index (χ2n) is 4.92. The van der Waals surface area contributed by atoms with Crippen LogP contribution < -0.4 is 5.32 Å². The molecule has 102 valence electrons. The number of hydrogen-bond donors (Lipinski definition) is 1. The van der Waals surface area contributed by atoms with Crippen molar-refractivity contribution in [2.24, 2.45) is 0 Å². The SMILES string of the molecule is CC(NCCN(C)C(C)C)c1ccc(F)cc1Br. The van der Waals surface area contributed by atoms with E-state index in [1.807, 2.05) is 6.07 Å². The largest absolute Gasteiger partial charge is 0.309 e. The van der Waals surface area contributed by atoms with Gasteiger partial charge >= 0.3 is 0 Å². The summed E-state index contributed by atoms with van der Waals surface area (Å²) in [6, 6.07) is 5.59. The fraction of sp³-hybridized carbons (Fsp3) is 0.571. The second-order valence-corrected chi connectivity index (χ2v) is 5.77. The number of rotatable bonds is 6. The van der Waals surface area contributed by atoms with Crippen LogP contribution in [0.3, 0.4) is 0 Å². The number of halogens is 2. The molecule has 0 spiro atoms. The first-order valence-electron chi connectivity index (χ1n) is 6.30. The van der Waals surface area contributed by atoms with Gasteiger partial charge in [0.2, 0.25) is 0 Å². The first-order valence-corrected chi connectivity index (χ1v) is 7.09. The van der Waals surface area contributed by atoms with E-state index in [1.54, 1.807) is 0 Å². The Bertz CT molecular complexity index is 382. The Morgan fingerprint density at radius 1 is 1.33 bits per heavy atom. The third kappa shape index (κ3) is 4.67. The van der Waals surface area contributed by atoms with Crippen molar-refractivity contribution in [2.75, 3.05) is 20.1 Å². The van der Waals surface area contributed by atoms with Crippen LogP contribution in [-0.2, 0) is 0 Å². The van der Waals surface area contributed by atoms with Gasteiger partial charge in [0.25, 0.3) is 0 Å². The molecule has 1 rings (SSSR count). The minimum Gasteiger partial charge on any atom is -0.309 e. The van der Waals surface area contributed by atoms with Crippen LogP contribution in [0.15, 0.2) is 22.7 Å². The van der Waals surface area contributed by atoms with Gasteiger partial charge < -0.3 is 10.2 Å². The summed E-state index contributed by atoms with van der Waals surface area (Å²) in [5.41, 5.74) is 1.09. The third-order valence-corrected chi connectivity index (χ3v) is 3.91. The molecule has 0 radical (unpaired) electrons. The van der Waals surface area contributed by atoms with Gasteiger partial charge in [-0.05, 0) is 45.5 Å².